The van der Waals surface area contributed by atoms with E-state index < -0.39 is 8.07 Å². The van der Waals surface area contributed by atoms with E-state index >= 15 is 0 Å². The van der Waals surface area contributed by atoms with E-state index in [0.717, 1.165) is 22.0 Å². The van der Waals surface area contributed by atoms with E-state index in [0.29, 0.717) is 5.89 Å². The van der Waals surface area contributed by atoms with Crippen molar-refractivity contribution in [2.24, 2.45) is 0 Å². The average molecular weight is 470 g/mol. The molecule has 35 heavy (non-hydrogen) atoms. The maximum absolute atomic E-state index is 6.10. The van der Waals surface area contributed by atoms with Crippen LogP contribution in [-0.2, 0) is 0 Å². The molecular formula is C32H27NOSi. The first-order chi connectivity index (χ1) is 17.0. The van der Waals surface area contributed by atoms with Gasteiger partial charge in [-0.2, -0.15) is 0 Å². The molecule has 1 heterocycles. The third-order valence-corrected chi connectivity index (χ3v) is 8.75. The summed E-state index contributed by atoms with van der Waals surface area (Å²) in [6.07, 6.45) is 0. The van der Waals surface area contributed by atoms with Gasteiger partial charge in [0.15, 0.2) is 5.58 Å². The Labute approximate surface area is 206 Å². The summed E-state index contributed by atoms with van der Waals surface area (Å²) < 4.78 is 6.10. The van der Waals surface area contributed by atoms with Crippen molar-refractivity contribution in [3.8, 4) is 33.7 Å². The summed E-state index contributed by atoms with van der Waals surface area (Å²) >= 11 is 0. The van der Waals surface area contributed by atoms with Crippen LogP contribution in [0.4, 0.5) is 0 Å². The third-order valence-electron chi connectivity index (χ3n) is 6.71. The Morgan fingerprint density at radius 3 is 1.97 bits per heavy atom. The SMILES string of the molecule is C[Si](C)(C)c1cccc(-c2ccc(-c3ccc(-c4nc5ccccc5o4)c4ccccc34)cc2)c1. The van der Waals surface area contributed by atoms with Crippen LogP contribution in [0, 0.1) is 0 Å². The molecule has 0 N–H and O–H groups in total. The maximum atomic E-state index is 6.10. The van der Waals surface area contributed by atoms with Crippen molar-refractivity contribution in [1.82, 2.24) is 4.98 Å². The van der Waals surface area contributed by atoms with Gasteiger partial charge in [-0.05, 0) is 51.2 Å². The standard InChI is InChI=1S/C32H27NOSi/c1-35(2,3)25-10-8-9-24(21-25)22-15-17-23(18-16-22)26-19-20-29(28-12-5-4-11-27(26)28)32-33-30-13-6-7-14-31(30)34-32/h4-21H,1-3H3. The summed E-state index contributed by atoms with van der Waals surface area (Å²) in [5.74, 6) is 0.659. The Hall–Kier alpha value is -3.95. The van der Waals surface area contributed by atoms with Crippen LogP contribution in [0.2, 0.25) is 19.6 Å². The first-order valence-electron chi connectivity index (χ1n) is 12.1. The predicted octanol–water partition coefficient (Wildman–Crippen LogP) is 8.53. The molecule has 5 aromatic carbocycles. The van der Waals surface area contributed by atoms with E-state index in [4.69, 9.17) is 9.40 Å². The number of aromatic nitrogens is 1. The Balaban J connectivity index is 1.41. The van der Waals surface area contributed by atoms with Gasteiger partial charge in [0.1, 0.15) is 5.52 Å². The fraction of sp³-hybridized carbons (Fsp3) is 0.0938. The molecule has 0 amide bonds. The molecule has 0 aliphatic heterocycles. The molecule has 0 aliphatic rings. The van der Waals surface area contributed by atoms with Crippen LogP contribution in [0.3, 0.4) is 0 Å². The van der Waals surface area contributed by atoms with E-state index in [9.17, 15) is 0 Å². The molecule has 0 bridgehead atoms. The third kappa shape index (κ3) is 3.98. The summed E-state index contributed by atoms with van der Waals surface area (Å²) in [4.78, 5) is 4.74. The van der Waals surface area contributed by atoms with Gasteiger partial charge in [-0.1, -0.05) is 116 Å². The highest BCUT2D eigenvalue weighted by atomic mass is 28.3. The van der Waals surface area contributed by atoms with E-state index in [-0.39, 0.29) is 0 Å². The molecule has 0 saturated carbocycles. The van der Waals surface area contributed by atoms with Crippen LogP contribution < -0.4 is 5.19 Å². The van der Waals surface area contributed by atoms with Gasteiger partial charge < -0.3 is 4.42 Å². The molecule has 0 aliphatic carbocycles. The highest BCUT2D eigenvalue weighted by Gasteiger charge is 2.17. The highest BCUT2D eigenvalue weighted by Crippen LogP contribution is 2.37. The Bertz CT molecular complexity index is 1640. The Morgan fingerprint density at radius 1 is 0.571 bits per heavy atom. The van der Waals surface area contributed by atoms with Gasteiger partial charge in [0, 0.05) is 5.56 Å². The summed E-state index contributed by atoms with van der Waals surface area (Å²) in [5, 5.41) is 3.82. The normalized spacial score (nSPS) is 11.9. The van der Waals surface area contributed by atoms with Crippen LogP contribution >= 0.6 is 0 Å². The molecule has 0 radical (unpaired) electrons. The van der Waals surface area contributed by atoms with Gasteiger partial charge in [0.25, 0.3) is 0 Å². The molecule has 170 valence electrons. The molecular weight excluding hydrogens is 442 g/mol. The van der Waals surface area contributed by atoms with Gasteiger partial charge in [0.2, 0.25) is 5.89 Å². The second-order valence-electron chi connectivity index (χ2n) is 10.1. The minimum atomic E-state index is -1.35. The monoisotopic (exact) mass is 469 g/mol. The van der Waals surface area contributed by atoms with Gasteiger partial charge in [-0.3, -0.25) is 0 Å². The molecule has 1 aromatic heterocycles. The zero-order chi connectivity index (χ0) is 24.0. The Kier molecular flexibility index (Phi) is 5.16. The molecule has 3 heteroatoms. The molecule has 6 rings (SSSR count). The summed E-state index contributed by atoms with van der Waals surface area (Å²) in [7, 11) is -1.35. The van der Waals surface area contributed by atoms with E-state index in [1.807, 2.05) is 24.3 Å². The number of hydrogen-bond acceptors (Lipinski definition) is 2. The molecule has 0 atom stereocenters. The number of hydrogen-bond donors (Lipinski definition) is 0. The number of para-hydroxylation sites is 2. The molecule has 0 unspecified atom stereocenters. The minimum Gasteiger partial charge on any atom is -0.436 e. The summed E-state index contributed by atoms with van der Waals surface area (Å²) in [5.41, 5.74) is 7.65. The quantitative estimate of drug-likeness (QED) is 0.242. The topological polar surface area (TPSA) is 26.0 Å². The lowest BCUT2D eigenvalue weighted by Crippen LogP contribution is -2.37. The number of rotatable bonds is 4. The largest absolute Gasteiger partial charge is 0.436 e. The van der Waals surface area contributed by atoms with Crippen LogP contribution in [0.5, 0.6) is 0 Å². The molecule has 0 fully saturated rings. The molecule has 0 spiro atoms. The number of oxazole rings is 1. The molecule has 2 nitrogen and oxygen atoms in total. The zero-order valence-electron chi connectivity index (χ0n) is 20.2. The fourth-order valence-corrected chi connectivity index (χ4v) is 5.92. The highest BCUT2D eigenvalue weighted by molar-refractivity contribution is 6.88. The number of benzene rings is 5. The zero-order valence-corrected chi connectivity index (χ0v) is 21.2. The first-order valence-corrected chi connectivity index (χ1v) is 15.6. The molecule has 6 aromatic rings. The number of fused-ring (bicyclic) bond motifs is 2. The lowest BCUT2D eigenvalue weighted by atomic mass is 9.94. The second-order valence-corrected chi connectivity index (χ2v) is 15.2. The van der Waals surface area contributed by atoms with Crippen molar-refractivity contribution in [2.45, 2.75) is 19.6 Å². The number of nitrogens with zero attached hydrogens (tertiary/aromatic N) is 1. The lowest BCUT2D eigenvalue weighted by Gasteiger charge is -2.17. The Morgan fingerprint density at radius 2 is 1.23 bits per heavy atom. The van der Waals surface area contributed by atoms with Crippen LogP contribution in [0.1, 0.15) is 0 Å². The van der Waals surface area contributed by atoms with Crippen molar-refractivity contribution in [3.63, 3.8) is 0 Å². The van der Waals surface area contributed by atoms with Crippen molar-refractivity contribution in [1.29, 1.82) is 0 Å². The van der Waals surface area contributed by atoms with E-state index in [1.165, 1.54) is 32.8 Å². The van der Waals surface area contributed by atoms with Gasteiger partial charge in [0.05, 0.1) is 8.07 Å². The fourth-order valence-electron chi connectivity index (χ4n) is 4.73. The second kappa shape index (κ2) is 8.37. The first kappa shape index (κ1) is 21.6. The van der Waals surface area contributed by atoms with Crippen molar-refractivity contribution >= 4 is 35.1 Å². The smallest absolute Gasteiger partial charge is 0.227 e. The van der Waals surface area contributed by atoms with Crippen LogP contribution in [0.15, 0.2) is 114 Å². The predicted molar refractivity (Wildman–Crippen MR) is 151 cm³/mol. The van der Waals surface area contributed by atoms with E-state index in [1.54, 1.807) is 0 Å². The molecule has 0 saturated heterocycles. The van der Waals surface area contributed by atoms with Crippen LogP contribution in [-0.4, -0.2) is 13.1 Å². The van der Waals surface area contributed by atoms with Crippen molar-refractivity contribution < 1.29 is 4.42 Å². The van der Waals surface area contributed by atoms with Crippen molar-refractivity contribution in [3.05, 3.63) is 109 Å². The van der Waals surface area contributed by atoms with Gasteiger partial charge in [-0.15, -0.1) is 0 Å². The minimum absolute atomic E-state index is 0.659. The van der Waals surface area contributed by atoms with Crippen LogP contribution in [0.25, 0.3) is 55.6 Å². The lowest BCUT2D eigenvalue weighted by molar-refractivity contribution is 0.620. The maximum Gasteiger partial charge on any atom is 0.227 e. The van der Waals surface area contributed by atoms with E-state index in [2.05, 4.69) is 105 Å². The average Bonchev–Trinajstić information content (AvgIpc) is 3.32. The van der Waals surface area contributed by atoms with Gasteiger partial charge >= 0.3 is 0 Å². The van der Waals surface area contributed by atoms with Crippen molar-refractivity contribution in [2.75, 3.05) is 0 Å². The van der Waals surface area contributed by atoms with Gasteiger partial charge in [-0.25, -0.2) is 4.98 Å². The summed E-state index contributed by atoms with van der Waals surface area (Å²) in [6, 6.07) is 38.7. The summed E-state index contributed by atoms with van der Waals surface area (Å²) in [6.45, 7) is 7.18.